The van der Waals surface area contributed by atoms with Gasteiger partial charge in [0.25, 0.3) is 0 Å². The third-order valence-corrected chi connectivity index (χ3v) is 18.4. The van der Waals surface area contributed by atoms with Crippen LogP contribution in [0.1, 0.15) is 125 Å². The maximum absolute atomic E-state index is 2.79. The molecule has 14 rings (SSSR count). The lowest BCUT2D eigenvalue weighted by molar-refractivity contribution is 0.445. The Balaban J connectivity index is 0.855. The SMILES string of the molecule is CC1(C)C2=CC(c3ccc(-c4cccc5c(C6=CCCC=C6)cccc45)cc3)CC3=C2N2C4=C(CC(c5ccc(-c6cccc7c(C8C=CC=CC8)cccc67)cc5)C=C41)C(C)(C)c1cccc(c12)C3(C)C. The van der Waals surface area contributed by atoms with Gasteiger partial charge in [-0.3, -0.25) is 0 Å². The predicted octanol–water partition coefficient (Wildman–Crippen LogP) is 18.8. The lowest BCUT2D eigenvalue weighted by Gasteiger charge is -2.60. The van der Waals surface area contributed by atoms with Crippen LogP contribution in [0.5, 0.6) is 0 Å². The third-order valence-electron chi connectivity index (χ3n) is 18.4. The van der Waals surface area contributed by atoms with Gasteiger partial charge in [-0.25, -0.2) is 0 Å². The average molecular weight is 930 g/mol. The van der Waals surface area contributed by atoms with E-state index in [0.29, 0.717) is 5.92 Å². The molecule has 3 atom stereocenters. The molecule has 0 radical (unpaired) electrons. The second kappa shape index (κ2) is 15.9. The highest BCUT2D eigenvalue weighted by Crippen LogP contribution is 2.67. The molecule has 3 unspecified atom stereocenters. The molecule has 7 aromatic rings. The summed E-state index contributed by atoms with van der Waals surface area (Å²) in [4.78, 5) is 2.79. The third kappa shape index (κ3) is 6.32. The molecule has 0 amide bonds. The lowest BCUT2D eigenvalue weighted by Crippen LogP contribution is -2.51. The Morgan fingerprint density at radius 1 is 0.458 bits per heavy atom. The van der Waals surface area contributed by atoms with Gasteiger partial charge in [-0.1, -0.05) is 236 Å². The highest BCUT2D eigenvalue weighted by molar-refractivity contribution is 6.04. The van der Waals surface area contributed by atoms with E-state index in [1.807, 2.05) is 0 Å². The molecule has 1 saturated heterocycles. The van der Waals surface area contributed by atoms with Crippen LogP contribution in [0.15, 0.2) is 228 Å². The topological polar surface area (TPSA) is 3.24 Å². The summed E-state index contributed by atoms with van der Waals surface area (Å²) in [5.74, 6) is 0.942. The quantitative estimate of drug-likeness (QED) is 0.161. The fourth-order valence-corrected chi connectivity index (χ4v) is 14.5. The Kier molecular flexibility index (Phi) is 9.61. The van der Waals surface area contributed by atoms with Crippen LogP contribution in [0, 0.1) is 5.41 Å². The van der Waals surface area contributed by atoms with E-state index in [1.165, 1.54) is 111 Å². The Morgan fingerprint density at radius 3 is 1.51 bits per heavy atom. The van der Waals surface area contributed by atoms with Crippen molar-refractivity contribution in [2.24, 2.45) is 5.41 Å². The second-order valence-corrected chi connectivity index (χ2v) is 23.3. The van der Waals surface area contributed by atoms with Gasteiger partial charge in [0.15, 0.2) is 0 Å². The summed E-state index contributed by atoms with van der Waals surface area (Å²) < 4.78 is 0. The van der Waals surface area contributed by atoms with Crippen molar-refractivity contribution in [2.75, 3.05) is 4.90 Å². The first kappa shape index (κ1) is 43.6. The van der Waals surface area contributed by atoms with Crippen molar-refractivity contribution in [1.82, 2.24) is 0 Å². The van der Waals surface area contributed by atoms with Crippen LogP contribution in [0.3, 0.4) is 0 Å². The number of piperidine rings is 1. The van der Waals surface area contributed by atoms with E-state index < -0.39 is 0 Å². The summed E-state index contributed by atoms with van der Waals surface area (Å²) in [5.41, 5.74) is 25.0. The van der Waals surface area contributed by atoms with Gasteiger partial charge < -0.3 is 4.90 Å². The van der Waals surface area contributed by atoms with Crippen molar-refractivity contribution in [3.8, 4) is 22.3 Å². The van der Waals surface area contributed by atoms with Crippen LogP contribution in [0.2, 0.25) is 0 Å². The number of fused-ring (bicyclic) bond motifs is 2. The fraction of sp³-hybridized carbons (Fsp3) is 0.239. The lowest BCUT2D eigenvalue weighted by atomic mass is 9.54. The number of nitrogens with zero attached hydrogens (tertiary/aromatic N) is 1. The number of para-hydroxylation sites is 1. The van der Waals surface area contributed by atoms with Gasteiger partial charge in [0, 0.05) is 34.0 Å². The Morgan fingerprint density at radius 2 is 0.972 bits per heavy atom. The van der Waals surface area contributed by atoms with Crippen LogP contribution >= 0.6 is 0 Å². The largest absolute Gasteiger partial charge is 0.309 e. The number of hydrogen-bond donors (Lipinski definition) is 0. The molecule has 3 heterocycles. The van der Waals surface area contributed by atoms with Gasteiger partial charge in [0.2, 0.25) is 0 Å². The molecule has 1 heteroatoms. The monoisotopic (exact) mass is 929 g/mol. The van der Waals surface area contributed by atoms with E-state index in [0.717, 1.165) is 32.1 Å². The molecular weight excluding hydrogens is 867 g/mol. The summed E-state index contributed by atoms with van der Waals surface area (Å²) >= 11 is 0. The normalized spacial score (nSPS) is 22.7. The van der Waals surface area contributed by atoms with Gasteiger partial charge in [0.1, 0.15) is 0 Å². The van der Waals surface area contributed by atoms with E-state index in [9.17, 15) is 0 Å². The van der Waals surface area contributed by atoms with Crippen LogP contribution < -0.4 is 4.90 Å². The summed E-state index contributed by atoms with van der Waals surface area (Å²) in [6.45, 7) is 15.1. The molecule has 3 aliphatic heterocycles. The molecule has 0 spiro atoms. The smallest absolute Gasteiger partial charge is 0.0543 e. The van der Waals surface area contributed by atoms with Gasteiger partial charge >= 0.3 is 0 Å². The standard InChI is InChI=1S/C71H63N/c1-69(2)60-30-17-31-61-66(60)72-67-62(69)40-50(44-32-36-48(37-33-44)54-24-15-26-56-52(22-13-28-58(54)56)46-18-9-7-10-19-46)42-64(67)71(5,6)65-43-51(41-63(68(65)72)70(61,3)4)45-34-38-49(39-35-45)55-25-16-27-57-53(23-14-29-59(55)57)47-20-11-8-12-21-47/h7,9-11,13-18,20-39,42-43,46,50-51H,8,12,19,40-41H2,1-6H3. The molecular formula is C71H63N. The predicted molar refractivity (Wildman–Crippen MR) is 304 cm³/mol. The van der Waals surface area contributed by atoms with Gasteiger partial charge in [-0.05, 0) is 137 Å². The minimum absolute atomic E-state index is 0.126. The maximum atomic E-state index is 2.79. The Bertz CT molecular complexity index is 3730. The van der Waals surface area contributed by atoms with Gasteiger partial charge in [-0.2, -0.15) is 0 Å². The molecule has 0 aromatic heterocycles. The Hall–Kier alpha value is -7.22. The van der Waals surface area contributed by atoms with Crippen LogP contribution in [0.4, 0.5) is 5.69 Å². The highest BCUT2D eigenvalue weighted by atomic mass is 15.2. The van der Waals surface area contributed by atoms with E-state index in [-0.39, 0.29) is 28.1 Å². The molecule has 7 aliphatic rings. The number of hydrogen-bond acceptors (Lipinski definition) is 1. The zero-order chi connectivity index (χ0) is 48.7. The van der Waals surface area contributed by atoms with Crippen molar-refractivity contribution in [2.45, 2.75) is 102 Å². The molecule has 0 bridgehead atoms. The average Bonchev–Trinajstić information content (AvgIpc) is 3.42. The number of rotatable bonds is 6. The molecule has 0 saturated carbocycles. The van der Waals surface area contributed by atoms with E-state index in [2.05, 4.69) is 241 Å². The van der Waals surface area contributed by atoms with Gasteiger partial charge in [0.05, 0.1) is 17.1 Å². The summed E-state index contributed by atoms with van der Waals surface area (Å²) in [6.07, 6.45) is 26.7. The van der Waals surface area contributed by atoms with Crippen LogP contribution in [-0.4, -0.2) is 0 Å². The van der Waals surface area contributed by atoms with E-state index in [4.69, 9.17) is 0 Å². The van der Waals surface area contributed by atoms with Crippen LogP contribution in [0.25, 0.3) is 49.4 Å². The number of anilines is 1. The second-order valence-electron chi connectivity index (χ2n) is 23.3. The van der Waals surface area contributed by atoms with Gasteiger partial charge in [-0.15, -0.1) is 0 Å². The minimum Gasteiger partial charge on any atom is -0.309 e. The van der Waals surface area contributed by atoms with Crippen molar-refractivity contribution < 1.29 is 0 Å². The van der Waals surface area contributed by atoms with Crippen molar-refractivity contribution >= 4 is 32.8 Å². The highest BCUT2D eigenvalue weighted by Gasteiger charge is 2.56. The minimum atomic E-state index is -0.210. The molecule has 1 fully saturated rings. The summed E-state index contributed by atoms with van der Waals surface area (Å²) in [5, 5.41) is 5.33. The molecule has 1 nitrogen and oxygen atoms in total. The molecule has 72 heavy (non-hydrogen) atoms. The van der Waals surface area contributed by atoms with E-state index in [1.54, 1.807) is 11.1 Å². The molecule has 4 aliphatic carbocycles. The zero-order valence-corrected chi connectivity index (χ0v) is 42.7. The van der Waals surface area contributed by atoms with Crippen molar-refractivity contribution in [3.05, 3.63) is 261 Å². The first-order chi connectivity index (χ1) is 35.0. The first-order valence-corrected chi connectivity index (χ1v) is 26.8. The first-order valence-electron chi connectivity index (χ1n) is 26.8. The van der Waals surface area contributed by atoms with Crippen molar-refractivity contribution in [1.29, 1.82) is 0 Å². The summed E-state index contributed by atoms with van der Waals surface area (Å²) in [6, 6.07) is 54.0. The van der Waals surface area contributed by atoms with Crippen molar-refractivity contribution in [3.63, 3.8) is 0 Å². The number of benzene rings is 7. The molecule has 7 aromatic carbocycles. The number of allylic oxidation sites excluding steroid dienone is 14. The zero-order valence-electron chi connectivity index (χ0n) is 42.7. The van der Waals surface area contributed by atoms with E-state index >= 15 is 0 Å². The fourth-order valence-electron chi connectivity index (χ4n) is 14.5. The summed E-state index contributed by atoms with van der Waals surface area (Å²) in [7, 11) is 0. The van der Waals surface area contributed by atoms with Crippen LogP contribution in [-0.2, 0) is 10.8 Å². The molecule has 0 N–H and O–H groups in total. The Labute approximate surface area is 426 Å². The maximum Gasteiger partial charge on any atom is 0.0543 e. The molecule has 352 valence electrons.